The number of carbonyl (C=O) groups excluding carboxylic acids is 3. The highest BCUT2D eigenvalue weighted by molar-refractivity contribution is 5.92. The van der Waals surface area contributed by atoms with Crippen molar-refractivity contribution in [1.82, 2.24) is 0 Å². The normalized spacial score (nSPS) is 49.7. The van der Waals surface area contributed by atoms with Crippen LogP contribution in [0.3, 0.4) is 0 Å². The van der Waals surface area contributed by atoms with Gasteiger partial charge in [-0.3, -0.25) is 14.4 Å². The number of ether oxygens (including phenoxy) is 2. The summed E-state index contributed by atoms with van der Waals surface area (Å²) in [5.74, 6) is -1.05. The Morgan fingerprint density at radius 1 is 1.13 bits per heavy atom. The lowest BCUT2D eigenvalue weighted by atomic mass is 9.42. The maximum Gasteiger partial charge on any atom is 0.309 e. The third kappa shape index (κ3) is 2.26. The van der Waals surface area contributed by atoms with Gasteiger partial charge in [0, 0.05) is 29.6 Å². The molecule has 1 aliphatic heterocycles. The third-order valence-electron chi connectivity index (χ3n) is 10.0. The van der Waals surface area contributed by atoms with E-state index in [4.69, 9.17) is 9.47 Å². The van der Waals surface area contributed by atoms with Crippen LogP contribution in [0.5, 0.6) is 0 Å². The van der Waals surface area contributed by atoms with E-state index in [1.807, 2.05) is 0 Å². The molecular formula is C24H32O6. The van der Waals surface area contributed by atoms with Crippen molar-refractivity contribution in [1.29, 1.82) is 0 Å². The van der Waals surface area contributed by atoms with Gasteiger partial charge in [0.15, 0.2) is 5.78 Å². The highest BCUT2D eigenvalue weighted by Crippen LogP contribution is 2.71. The summed E-state index contributed by atoms with van der Waals surface area (Å²) in [6.45, 7) is 4.28. The molecule has 0 aromatic heterocycles. The number of fused-ring (bicyclic) bond motifs is 6. The van der Waals surface area contributed by atoms with Gasteiger partial charge in [0.1, 0.15) is 5.60 Å². The zero-order valence-electron chi connectivity index (χ0n) is 18.2. The molecule has 30 heavy (non-hydrogen) atoms. The van der Waals surface area contributed by atoms with Gasteiger partial charge in [-0.1, -0.05) is 19.4 Å². The van der Waals surface area contributed by atoms with Gasteiger partial charge in [-0.25, -0.2) is 0 Å². The summed E-state index contributed by atoms with van der Waals surface area (Å²) >= 11 is 0. The van der Waals surface area contributed by atoms with Crippen LogP contribution in [0.25, 0.3) is 0 Å². The van der Waals surface area contributed by atoms with E-state index in [0.717, 1.165) is 31.3 Å². The van der Waals surface area contributed by atoms with E-state index in [0.29, 0.717) is 32.1 Å². The fourth-order valence-corrected chi connectivity index (χ4v) is 8.21. The fourth-order valence-electron chi connectivity index (χ4n) is 8.21. The number of rotatable bonds is 1. The minimum absolute atomic E-state index is 0.0715. The summed E-state index contributed by atoms with van der Waals surface area (Å²) in [5.41, 5.74) is -1.42. The van der Waals surface area contributed by atoms with E-state index in [1.54, 1.807) is 6.08 Å². The maximum absolute atomic E-state index is 13.0. The van der Waals surface area contributed by atoms with Gasteiger partial charge >= 0.3 is 11.9 Å². The first-order valence-electron chi connectivity index (χ1n) is 11.4. The van der Waals surface area contributed by atoms with Gasteiger partial charge in [-0.2, -0.15) is 0 Å². The largest absolute Gasteiger partial charge is 0.469 e. The average Bonchev–Trinajstić information content (AvgIpc) is 3.23. The van der Waals surface area contributed by atoms with Crippen molar-refractivity contribution in [3.05, 3.63) is 11.6 Å². The van der Waals surface area contributed by atoms with Crippen LogP contribution >= 0.6 is 0 Å². The number of hydrogen-bond acceptors (Lipinski definition) is 6. The summed E-state index contributed by atoms with van der Waals surface area (Å²) in [6.07, 6.45) is 7.27. The Hall–Kier alpha value is -1.69. The molecule has 1 N–H and O–H groups in total. The van der Waals surface area contributed by atoms with Crippen LogP contribution in [0.15, 0.2) is 11.6 Å². The lowest BCUT2D eigenvalue weighted by Gasteiger charge is -2.64. The quantitative estimate of drug-likeness (QED) is 0.661. The summed E-state index contributed by atoms with van der Waals surface area (Å²) in [5, 5.41) is 12.3. The van der Waals surface area contributed by atoms with E-state index in [-0.39, 0.29) is 35.0 Å². The first kappa shape index (κ1) is 20.2. The molecule has 1 saturated heterocycles. The second kappa shape index (κ2) is 6.18. The number of carbonyl (C=O) groups is 3. The monoisotopic (exact) mass is 416 g/mol. The molecule has 6 nitrogen and oxygen atoms in total. The van der Waals surface area contributed by atoms with Crippen LogP contribution in [-0.4, -0.2) is 41.1 Å². The number of methoxy groups -OCH3 is 1. The van der Waals surface area contributed by atoms with E-state index in [9.17, 15) is 19.5 Å². The molecule has 5 rings (SSSR count). The Bertz CT molecular complexity index is 862. The number of aliphatic hydroxyl groups is 1. The van der Waals surface area contributed by atoms with Crippen molar-refractivity contribution >= 4 is 17.7 Å². The second-order valence-electron chi connectivity index (χ2n) is 10.8. The highest BCUT2D eigenvalue weighted by Gasteiger charge is 2.73. The van der Waals surface area contributed by atoms with Crippen molar-refractivity contribution in [2.45, 2.75) is 82.8 Å². The molecule has 4 fully saturated rings. The summed E-state index contributed by atoms with van der Waals surface area (Å²) < 4.78 is 11.2. The lowest BCUT2D eigenvalue weighted by molar-refractivity contribution is -0.229. The minimum atomic E-state index is -1.07. The van der Waals surface area contributed by atoms with E-state index < -0.39 is 22.5 Å². The summed E-state index contributed by atoms with van der Waals surface area (Å²) in [6, 6.07) is 0. The van der Waals surface area contributed by atoms with Gasteiger partial charge in [0.25, 0.3) is 0 Å². The predicted octanol–water partition coefficient (Wildman–Crippen LogP) is 3.11. The molecule has 3 saturated carbocycles. The molecule has 6 heteroatoms. The summed E-state index contributed by atoms with van der Waals surface area (Å²) in [7, 11) is 1.40. The second-order valence-corrected chi connectivity index (χ2v) is 10.8. The molecule has 1 heterocycles. The Morgan fingerprint density at radius 2 is 1.90 bits per heavy atom. The topological polar surface area (TPSA) is 89.9 Å². The van der Waals surface area contributed by atoms with Gasteiger partial charge in [-0.05, 0) is 56.9 Å². The van der Waals surface area contributed by atoms with Crippen LogP contribution < -0.4 is 0 Å². The highest BCUT2D eigenvalue weighted by atomic mass is 16.6. The van der Waals surface area contributed by atoms with Gasteiger partial charge in [0.05, 0.1) is 18.6 Å². The Balaban J connectivity index is 1.63. The zero-order chi connectivity index (χ0) is 21.5. The fraction of sp³-hybridized carbons (Fsp3) is 0.792. The lowest BCUT2D eigenvalue weighted by Crippen LogP contribution is -2.67. The van der Waals surface area contributed by atoms with Gasteiger partial charge < -0.3 is 14.6 Å². The zero-order valence-corrected chi connectivity index (χ0v) is 18.2. The molecule has 0 amide bonds. The SMILES string of the molecule is COC(=O)[C@@H]1CC2=CC(=O)CC[C@]2(C)[C@@]2(O)CC[C@@]3(C)[C@@H](CC[C@@]34CCC(=O)O4)[C@H]12. The van der Waals surface area contributed by atoms with E-state index in [1.165, 1.54) is 7.11 Å². The minimum Gasteiger partial charge on any atom is -0.469 e. The standard InChI is InChI=1S/C24H32O6/c1-21-7-4-15(25)12-14(21)13-16(20(27)29-3)19-17-5-8-23(9-6-18(26)30-23)22(17,2)10-11-24(19,21)28/h12,16-17,19,28H,4-11,13H2,1-3H3/t16-,17+,19+,21+,22+,23-,24-/m1/s1. The van der Waals surface area contributed by atoms with Crippen LogP contribution in [-0.2, 0) is 23.9 Å². The molecular weight excluding hydrogens is 384 g/mol. The van der Waals surface area contributed by atoms with Crippen LogP contribution in [0.4, 0.5) is 0 Å². The first-order valence-corrected chi connectivity index (χ1v) is 11.4. The molecule has 0 aromatic carbocycles. The van der Waals surface area contributed by atoms with Crippen LogP contribution in [0.1, 0.15) is 71.6 Å². The van der Waals surface area contributed by atoms with Gasteiger partial charge in [0.2, 0.25) is 0 Å². The average molecular weight is 417 g/mol. The Labute approximate surface area is 177 Å². The molecule has 164 valence electrons. The molecule has 1 spiro atoms. The van der Waals surface area contributed by atoms with Crippen molar-refractivity contribution in [2.24, 2.45) is 28.6 Å². The third-order valence-corrected chi connectivity index (χ3v) is 10.0. The molecule has 0 unspecified atom stereocenters. The van der Waals surface area contributed by atoms with Crippen molar-refractivity contribution < 1.29 is 29.0 Å². The molecule has 0 bridgehead atoms. The van der Waals surface area contributed by atoms with Crippen LogP contribution in [0, 0.1) is 28.6 Å². The predicted molar refractivity (Wildman–Crippen MR) is 107 cm³/mol. The van der Waals surface area contributed by atoms with E-state index >= 15 is 0 Å². The molecule has 4 aliphatic carbocycles. The Kier molecular flexibility index (Phi) is 4.17. The van der Waals surface area contributed by atoms with E-state index in [2.05, 4.69) is 13.8 Å². The van der Waals surface area contributed by atoms with Crippen molar-refractivity contribution in [3.8, 4) is 0 Å². The van der Waals surface area contributed by atoms with Crippen molar-refractivity contribution in [3.63, 3.8) is 0 Å². The molecule has 0 radical (unpaired) electrons. The number of esters is 2. The van der Waals surface area contributed by atoms with Crippen LogP contribution in [0.2, 0.25) is 0 Å². The summed E-state index contributed by atoms with van der Waals surface area (Å²) in [4.78, 5) is 37.2. The van der Waals surface area contributed by atoms with Gasteiger partial charge in [-0.15, -0.1) is 0 Å². The molecule has 7 atom stereocenters. The maximum atomic E-state index is 13.0. The smallest absolute Gasteiger partial charge is 0.309 e. The number of hydrogen-bond donors (Lipinski definition) is 1. The Morgan fingerprint density at radius 3 is 2.57 bits per heavy atom. The number of ketones is 1. The first-order chi connectivity index (χ1) is 14.1. The van der Waals surface area contributed by atoms with Crippen molar-refractivity contribution in [2.75, 3.05) is 7.11 Å². The molecule has 0 aromatic rings. The molecule has 5 aliphatic rings.